The van der Waals surface area contributed by atoms with Gasteiger partial charge < -0.3 is 34.4 Å². The Labute approximate surface area is 328 Å². The molecule has 3 aliphatic rings. The molecule has 1 aromatic carbocycles. The maximum atomic E-state index is 13.1. The van der Waals surface area contributed by atoms with E-state index in [1.54, 1.807) is 20.8 Å². The predicted octanol–water partition coefficient (Wildman–Crippen LogP) is 5.56. The number of nitrogens with zero attached hydrogens (tertiary/aromatic N) is 2. The second-order valence-electron chi connectivity index (χ2n) is 17.2. The molecule has 3 fully saturated rings. The van der Waals surface area contributed by atoms with Gasteiger partial charge in [0.05, 0.1) is 36.1 Å². The van der Waals surface area contributed by atoms with Crippen molar-refractivity contribution in [2.24, 2.45) is 11.3 Å². The van der Waals surface area contributed by atoms with Crippen molar-refractivity contribution < 1.29 is 46.9 Å². The Balaban J connectivity index is 0.000000305. The van der Waals surface area contributed by atoms with Gasteiger partial charge in [-0.2, -0.15) is 0 Å². The molecule has 0 saturated carbocycles. The van der Waals surface area contributed by atoms with Crippen LogP contribution >= 0.6 is 0 Å². The molecule has 2 N–H and O–H groups in total. The number of aliphatic carboxylic acids is 1. The highest BCUT2D eigenvalue weighted by Crippen LogP contribution is 2.36. The van der Waals surface area contributed by atoms with E-state index in [-0.39, 0.29) is 59.0 Å². The van der Waals surface area contributed by atoms with Crippen LogP contribution in [0.3, 0.4) is 0 Å². The number of benzene rings is 1. The second kappa shape index (κ2) is 19.5. The minimum atomic E-state index is -2.87. The quantitative estimate of drug-likeness (QED) is 0.122. The molecule has 14 heteroatoms. The second-order valence-corrected chi connectivity index (χ2v) is 19.5. The van der Waals surface area contributed by atoms with Gasteiger partial charge in [0.2, 0.25) is 5.91 Å². The van der Waals surface area contributed by atoms with Crippen molar-refractivity contribution in [2.45, 2.75) is 130 Å². The molecule has 0 aliphatic carbocycles. The predicted molar refractivity (Wildman–Crippen MR) is 213 cm³/mol. The van der Waals surface area contributed by atoms with E-state index >= 15 is 0 Å². The Hall–Kier alpha value is -3.65. The van der Waals surface area contributed by atoms with E-state index in [1.165, 1.54) is 0 Å². The number of amides is 1. The van der Waals surface area contributed by atoms with Gasteiger partial charge in [0.25, 0.3) is 0 Å². The standard InChI is InChI=1S/C24H42N2O5.C17H23NO5S/c1-8-17(26-11-9-10-19(26)27)12-16(20(28)29)13-22(2,3)21(30)31-18-14-23(4,5)25-24(6,7)15-18;1-14(2)17(19)23-11-3-10-22-16-6-4-15(5-7-16)18-8-12-24(20,21)13-9-18/h16-18,25H,8-15H2,1-7H3,(H,28,29);4-7H,1,3,8-13H2,2H3. The first kappa shape index (κ1) is 45.7. The van der Waals surface area contributed by atoms with Gasteiger partial charge in [0.15, 0.2) is 9.84 Å². The lowest BCUT2D eigenvalue weighted by Crippen LogP contribution is -2.60. The summed E-state index contributed by atoms with van der Waals surface area (Å²) in [6.45, 7) is 21.5. The Bertz CT molecular complexity index is 1580. The maximum absolute atomic E-state index is 13.1. The van der Waals surface area contributed by atoms with Crippen molar-refractivity contribution in [2.75, 3.05) is 49.3 Å². The number of piperidine rings is 1. The van der Waals surface area contributed by atoms with Crippen LogP contribution in [0.15, 0.2) is 36.4 Å². The molecule has 2 unspecified atom stereocenters. The van der Waals surface area contributed by atoms with Crippen LogP contribution in [0, 0.1) is 11.3 Å². The Kier molecular flexibility index (Phi) is 16.2. The number of carboxylic acid groups (broad SMARTS) is 1. The third kappa shape index (κ3) is 14.7. The molecule has 3 aliphatic heterocycles. The zero-order valence-electron chi connectivity index (χ0n) is 34.3. The van der Waals surface area contributed by atoms with Gasteiger partial charge >= 0.3 is 17.9 Å². The summed E-state index contributed by atoms with van der Waals surface area (Å²) < 4.78 is 39.4. The molecule has 0 aromatic heterocycles. The largest absolute Gasteiger partial charge is 0.493 e. The highest BCUT2D eigenvalue weighted by atomic mass is 32.2. The number of anilines is 1. The van der Waals surface area contributed by atoms with Crippen molar-refractivity contribution in [3.05, 3.63) is 36.4 Å². The summed E-state index contributed by atoms with van der Waals surface area (Å²) in [5, 5.41) is 13.4. The first-order valence-corrected chi connectivity index (χ1v) is 21.4. The summed E-state index contributed by atoms with van der Waals surface area (Å²) in [4.78, 5) is 52.3. The average Bonchev–Trinajstić information content (AvgIpc) is 3.50. The number of rotatable bonds is 16. The molecule has 310 valence electrons. The molecular formula is C41H65N3O10S. The van der Waals surface area contributed by atoms with Gasteiger partial charge in [0, 0.05) is 73.7 Å². The van der Waals surface area contributed by atoms with E-state index in [1.807, 2.05) is 36.1 Å². The van der Waals surface area contributed by atoms with E-state index < -0.39 is 27.1 Å². The Morgan fingerprint density at radius 2 is 1.62 bits per heavy atom. The normalized spacial score (nSPS) is 20.4. The highest BCUT2D eigenvalue weighted by Gasteiger charge is 2.43. The number of ether oxygens (including phenoxy) is 3. The minimum absolute atomic E-state index is 0.103. The van der Waals surface area contributed by atoms with Crippen LogP contribution in [0.1, 0.15) is 107 Å². The van der Waals surface area contributed by atoms with E-state index in [4.69, 9.17) is 14.2 Å². The number of carboxylic acids is 1. The number of hydrogen-bond acceptors (Lipinski definition) is 11. The molecule has 0 bridgehead atoms. The number of esters is 2. The molecule has 13 nitrogen and oxygen atoms in total. The van der Waals surface area contributed by atoms with Crippen molar-refractivity contribution in [1.82, 2.24) is 10.2 Å². The van der Waals surface area contributed by atoms with Gasteiger partial charge in [-0.3, -0.25) is 14.4 Å². The summed E-state index contributed by atoms with van der Waals surface area (Å²) in [7, 11) is -2.87. The number of nitrogens with one attached hydrogen (secondary N) is 1. The topological polar surface area (TPSA) is 169 Å². The number of carbonyl (C=O) groups is 4. The smallest absolute Gasteiger partial charge is 0.333 e. The first-order valence-electron chi connectivity index (χ1n) is 19.6. The SMILES string of the molecule is C=C(C)C(=O)OCCCOc1ccc(N2CCS(=O)(=O)CC2)cc1.CCC(CC(CC(C)(C)C(=O)OC1CC(C)(C)NC(C)(C)C1)C(=O)O)N1CCCC1=O. The summed E-state index contributed by atoms with van der Waals surface area (Å²) in [6.07, 6.45) is 4.46. The number of carbonyl (C=O) groups excluding carboxylic acids is 3. The third-order valence-corrected chi connectivity index (χ3v) is 12.0. The molecule has 1 amide bonds. The summed E-state index contributed by atoms with van der Waals surface area (Å²) in [6, 6.07) is 7.47. The average molecular weight is 792 g/mol. The molecule has 4 rings (SSSR count). The van der Waals surface area contributed by atoms with Crippen LogP contribution in [0.5, 0.6) is 5.75 Å². The van der Waals surface area contributed by atoms with Crippen LogP contribution in [-0.2, 0) is 38.5 Å². The first-order chi connectivity index (χ1) is 25.5. The van der Waals surface area contributed by atoms with Crippen LogP contribution in [-0.4, -0.2) is 110 Å². The fourth-order valence-electron chi connectivity index (χ4n) is 7.75. The fourth-order valence-corrected chi connectivity index (χ4v) is 8.95. The molecule has 0 spiro atoms. The van der Waals surface area contributed by atoms with Gasteiger partial charge in [-0.25, -0.2) is 13.2 Å². The van der Waals surface area contributed by atoms with Crippen molar-refractivity contribution in [3.8, 4) is 5.75 Å². The third-order valence-electron chi connectivity index (χ3n) is 10.3. The molecular weight excluding hydrogens is 727 g/mol. The maximum Gasteiger partial charge on any atom is 0.333 e. The van der Waals surface area contributed by atoms with Crippen LogP contribution < -0.4 is 15.0 Å². The van der Waals surface area contributed by atoms with Crippen LogP contribution in [0.25, 0.3) is 0 Å². The number of sulfone groups is 1. The zero-order valence-corrected chi connectivity index (χ0v) is 35.1. The fraction of sp³-hybridized carbons (Fsp3) is 0.707. The molecule has 3 saturated heterocycles. The lowest BCUT2D eigenvalue weighted by atomic mass is 9.79. The van der Waals surface area contributed by atoms with E-state index in [0.717, 1.165) is 30.7 Å². The Morgan fingerprint density at radius 3 is 2.13 bits per heavy atom. The molecule has 3 heterocycles. The van der Waals surface area contributed by atoms with E-state index in [9.17, 15) is 32.7 Å². The zero-order chi connectivity index (χ0) is 41.2. The summed E-state index contributed by atoms with van der Waals surface area (Å²) in [5.74, 6) is -1.12. The minimum Gasteiger partial charge on any atom is -0.493 e. The van der Waals surface area contributed by atoms with E-state index in [0.29, 0.717) is 64.1 Å². The van der Waals surface area contributed by atoms with Crippen molar-refractivity contribution >= 4 is 39.3 Å². The number of hydrogen-bond donors (Lipinski definition) is 2. The van der Waals surface area contributed by atoms with Gasteiger partial charge in [0.1, 0.15) is 11.9 Å². The van der Waals surface area contributed by atoms with Gasteiger partial charge in [-0.1, -0.05) is 13.5 Å². The molecule has 55 heavy (non-hydrogen) atoms. The van der Waals surface area contributed by atoms with E-state index in [2.05, 4.69) is 44.5 Å². The molecule has 2 atom stereocenters. The molecule has 1 aromatic rings. The highest BCUT2D eigenvalue weighted by molar-refractivity contribution is 7.91. The summed E-state index contributed by atoms with van der Waals surface area (Å²) >= 11 is 0. The lowest BCUT2D eigenvalue weighted by molar-refractivity contribution is -0.166. The van der Waals surface area contributed by atoms with Gasteiger partial charge in [-0.15, -0.1) is 0 Å². The van der Waals surface area contributed by atoms with Crippen LogP contribution in [0.2, 0.25) is 0 Å². The van der Waals surface area contributed by atoms with Crippen molar-refractivity contribution in [3.63, 3.8) is 0 Å². The van der Waals surface area contributed by atoms with Crippen LogP contribution in [0.4, 0.5) is 5.69 Å². The summed E-state index contributed by atoms with van der Waals surface area (Å²) in [5.41, 5.74) is 0.175. The van der Waals surface area contributed by atoms with Crippen molar-refractivity contribution in [1.29, 1.82) is 0 Å². The van der Waals surface area contributed by atoms with Gasteiger partial charge in [-0.05, 0) is 98.4 Å². The molecule has 0 radical (unpaired) electrons. The Morgan fingerprint density at radius 1 is 1.02 bits per heavy atom. The number of likely N-dealkylation sites (tertiary alicyclic amines) is 1. The lowest BCUT2D eigenvalue weighted by Gasteiger charge is -2.46. The monoisotopic (exact) mass is 791 g/mol.